The number of halogens is 4. The topological polar surface area (TPSA) is 90.9 Å². The Balaban J connectivity index is 1.70. The van der Waals surface area contributed by atoms with Crippen molar-refractivity contribution in [3.8, 4) is 11.7 Å². The highest BCUT2D eigenvalue weighted by Crippen LogP contribution is 2.25. The van der Waals surface area contributed by atoms with Crippen molar-refractivity contribution in [2.24, 2.45) is 0 Å². The minimum absolute atomic E-state index is 0.00760. The molecule has 2 aromatic heterocycles. The number of nitrogens with one attached hydrogen (secondary N) is 1. The Hall–Kier alpha value is -3.89. The van der Waals surface area contributed by atoms with Gasteiger partial charge in [0.05, 0.1) is 11.0 Å². The zero-order valence-electron chi connectivity index (χ0n) is 15.4. The largest absolute Gasteiger partial charge is 0.435 e. The quantitative estimate of drug-likeness (QED) is 0.469. The van der Waals surface area contributed by atoms with Gasteiger partial charge < -0.3 is 15.8 Å². The highest BCUT2D eigenvalue weighted by Gasteiger charge is 2.16. The van der Waals surface area contributed by atoms with Crippen LogP contribution in [0, 0.1) is 18.6 Å². The fourth-order valence-electron chi connectivity index (χ4n) is 2.93. The van der Waals surface area contributed by atoms with Gasteiger partial charge in [-0.2, -0.15) is 18.7 Å². The first-order valence-corrected chi connectivity index (χ1v) is 8.61. The monoisotopic (exact) mass is 418 g/mol. The van der Waals surface area contributed by atoms with E-state index in [0.717, 1.165) is 12.1 Å². The van der Waals surface area contributed by atoms with Crippen molar-refractivity contribution in [2.45, 2.75) is 13.5 Å². The van der Waals surface area contributed by atoms with Gasteiger partial charge in [0.25, 0.3) is 0 Å². The van der Waals surface area contributed by atoms with Crippen LogP contribution in [-0.2, 0) is 0 Å². The Morgan fingerprint density at radius 2 is 1.70 bits per heavy atom. The van der Waals surface area contributed by atoms with Crippen LogP contribution in [0.2, 0.25) is 0 Å². The fraction of sp³-hybridized carbons (Fsp3) is 0.105. The number of fused-ring (bicyclic) bond motifs is 1. The van der Waals surface area contributed by atoms with E-state index in [0.29, 0.717) is 17.3 Å². The van der Waals surface area contributed by atoms with Gasteiger partial charge in [-0.3, -0.25) is 4.57 Å². The number of benzene rings is 2. The molecule has 0 atom stereocenters. The molecule has 0 radical (unpaired) electrons. The Kier molecular flexibility index (Phi) is 4.86. The highest BCUT2D eigenvalue weighted by molar-refractivity contribution is 5.78. The third-order valence-electron chi connectivity index (χ3n) is 4.15. The van der Waals surface area contributed by atoms with Gasteiger partial charge in [0.1, 0.15) is 23.2 Å². The number of aryl methyl sites for hydroxylation is 1. The molecule has 0 aliphatic carbocycles. The summed E-state index contributed by atoms with van der Waals surface area (Å²) in [5.41, 5.74) is 6.92. The summed E-state index contributed by atoms with van der Waals surface area (Å²) in [6, 6.07) is 9.23. The summed E-state index contributed by atoms with van der Waals surface area (Å²) in [6.45, 7) is -1.28. The molecule has 0 bridgehead atoms. The molecule has 4 aromatic rings. The minimum atomic E-state index is -2.92. The van der Waals surface area contributed by atoms with E-state index >= 15 is 0 Å². The Bertz CT molecular complexity index is 1230. The predicted octanol–water partition coefficient (Wildman–Crippen LogP) is 4.33. The van der Waals surface area contributed by atoms with E-state index < -0.39 is 18.2 Å². The smallest absolute Gasteiger partial charge is 0.387 e. The van der Waals surface area contributed by atoms with E-state index in [1.54, 1.807) is 6.92 Å². The van der Waals surface area contributed by atoms with Gasteiger partial charge >= 0.3 is 6.61 Å². The van der Waals surface area contributed by atoms with Crippen molar-refractivity contribution in [3.63, 3.8) is 0 Å². The van der Waals surface area contributed by atoms with Gasteiger partial charge in [-0.05, 0) is 31.2 Å². The molecule has 0 unspecified atom stereocenters. The second kappa shape index (κ2) is 7.50. The second-order valence-corrected chi connectivity index (χ2v) is 6.26. The standard InChI is InChI=1S/C19H14F4N6O/c1-9-25-14-6-12(20)13(21)7-15(14)29(9)19-27-16(24)8-17(28-19)26-10-2-4-11(5-3-10)30-18(22)23/h2-8,18H,1H3,(H3,24,26,27,28). The lowest BCUT2D eigenvalue weighted by Gasteiger charge is -2.11. The van der Waals surface area contributed by atoms with Gasteiger partial charge in [-0.15, -0.1) is 0 Å². The summed E-state index contributed by atoms with van der Waals surface area (Å²) in [6.07, 6.45) is 0. The summed E-state index contributed by atoms with van der Waals surface area (Å²) in [5, 5.41) is 2.97. The Labute approximate surface area is 167 Å². The lowest BCUT2D eigenvalue weighted by atomic mass is 10.3. The average Bonchev–Trinajstić information content (AvgIpc) is 2.97. The number of nitrogens with two attached hydrogens (primary N) is 1. The number of hydrogen-bond donors (Lipinski definition) is 2. The van der Waals surface area contributed by atoms with Crippen molar-refractivity contribution in [1.82, 2.24) is 19.5 Å². The molecule has 3 N–H and O–H groups in total. The lowest BCUT2D eigenvalue weighted by molar-refractivity contribution is -0.0498. The molecule has 30 heavy (non-hydrogen) atoms. The van der Waals surface area contributed by atoms with Crippen molar-refractivity contribution in [3.05, 3.63) is 59.9 Å². The van der Waals surface area contributed by atoms with Crippen LogP contribution >= 0.6 is 0 Å². The van der Waals surface area contributed by atoms with Crippen LogP contribution in [0.5, 0.6) is 5.75 Å². The van der Waals surface area contributed by atoms with Gasteiger partial charge in [-0.25, -0.2) is 13.8 Å². The molecule has 2 heterocycles. The van der Waals surface area contributed by atoms with Gasteiger partial charge in [0.2, 0.25) is 5.95 Å². The number of ether oxygens (including phenoxy) is 1. The molecule has 0 fully saturated rings. The third kappa shape index (κ3) is 3.81. The van der Waals surface area contributed by atoms with Crippen LogP contribution in [-0.4, -0.2) is 26.1 Å². The molecule has 0 aliphatic heterocycles. The number of nitrogen functional groups attached to an aromatic ring is 1. The first-order chi connectivity index (χ1) is 14.3. The first-order valence-electron chi connectivity index (χ1n) is 8.61. The molecular weight excluding hydrogens is 404 g/mol. The number of imidazole rings is 1. The van der Waals surface area contributed by atoms with Crippen molar-refractivity contribution in [1.29, 1.82) is 0 Å². The number of aromatic nitrogens is 4. The molecule has 0 aliphatic rings. The number of anilines is 3. The number of alkyl halides is 2. The van der Waals surface area contributed by atoms with Crippen molar-refractivity contribution < 1.29 is 22.3 Å². The Morgan fingerprint density at radius 1 is 1.00 bits per heavy atom. The van der Waals surface area contributed by atoms with Gasteiger partial charge in [0, 0.05) is 23.9 Å². The SMILES string of the molecule is Cc1nc2cc(F)c(F)cc2n1-c1nc(N)cc(Nc2ccc(OC(F)F)cc2)n1. The molecule has 0 spiro atoms. The summed E-state index contributed by atoms with van der Waals surface area (Å²) < 4.78 is 57.6. The molecule has 4 rings (SSSR count). The van der Waals surface area contributed by atoms with E-state index in [1.165, 1.54) is 34.9 Å². The van der Waals surface area contributed by atoms with Crippen LogP contribution in [0.4, 0.5) is 34.9 Å². The lowest BCUT2D eigenvalue weighted by Crippen LogP contribution is -2.08. The maximum Gasteiger partial charge on any atom is 0.387 e. The number of hydrogen-bond acceptors (Lipinski definition) is 6. The van der Waals surface area contributed by atoms with Crippen LogP contribution < -0.4 is 15.8 Å². The molecule has 2 aromatic carbocycles. The van der Waals surface area contributed by atoms with Crippen molar-refractivity contribution in [2.75, 3.05) is 11.1 Å². The average molecular weight is 418 g/mol. The normalized spacial score (nSPS) is 11.3. The summed E-state index contributed by atoms with van der Waals surface area (Å²) in [4.78, 5) is 12.7. The van der Waals surface area contributed by atoms with E-state index in [1.807, 2.05) is 0 Å². The second-order valence-electron chi connectivity index (χ2n) is 6.26. The van der Waals surface area contributed by atoms with E-state index in [-0.39, 0.29) is 28.5 Å². The van der Waals surface area contributed by atoms with Crippen LogP contribution in [0.15, 0.2) is 42.5 Å². The number of rotatable bonds is 5. The molecule has 0 saturated heterocycles. The first kappa shape index (κ1) is 19.4. The zero-order chi connectivity index (χ0) is 21.4. The molecular formula is C19H14F4N6O. The molecule has 11 heteroatoms. The molecule has 0 amide bonds. The molecule has 154 valence electrons. The molecule has 7 nitrogen and oxygen atoms in total. The predicted molar refractivity (Wildman–Crippen MR) is 102 cm³/mol. The highest BCUT2D eigenvalue weighted by atomic mass is 19.3. The summed E-state index contributed by atoms with van der Waals surface area (Å²) in [5.74, 6) is -1.12. The summed E-state index contributed by atoms with van der Waals surface area (Å²) >= 11 is 0. The fourth-order valence-corrected chi connectivity index (χ4v) is 2.93. The number of nitrogens with zero attached hydrogens (tertiary/aromatic N) is 4. The van der Waals surface area contributed by atoms with Gasteiger partial charge in [0.15, 0.2) is 11.6 Å². The summed E-state index contributed by atoms with van der Waals surface area (Å²) in [7, 11) is 0. The van der Waals surface area contributed by atoms with Gasteiger partial charge in [-0.1, -0.05) is 0 Å². The maximum atomic E-state index is 13.8. The van der Waals surface area contributed by atoms with Crippen LogP contribution in [0.3, 0.4) is 0 Å². The third-order valence-corrected chi connectivity index (χ3v) is 4.15. The van der Waals surface area contributed by atoms with Crippen molar-refractivity contribution >= 4 is 28.4 Å². The molecule has 0 saturated carbocycles. The minimum Gasteiger partial charge on any atom is -0.435 e. The Morgan fingerprint density at radius 3 is 2.40 bits per heavy atom. The van der Waals surface area contributed by atoms with E-state index in [2.05, 4.69) is 25.0 Å². The van der Waals surface area contributed by atoms with Crippen LogP contribution in [0.25, 0.3) is 17.0 Å². The van der Waals surface area contributed by atoms with E-state index in [4.69, 9.17) is 5.73 Å². The van der Waals surface area contributed by atoms with Crippen LogP contribution in [0.1, 0.15) is 5.82 Å². The zero-order valence-corrected chi connectivity index (χ0v) is 15.4. The van der Waals surface area contributed by atoms with E-state index in [9.17, 15) is 17.6 Å². The maximum absolute atomic E-state index is 13.8.